The molecule has 0 aliphatic heterocycles. The highest BCUT2D eigenvalue weighted by Gasteiger charge is 2.00. The normalized spacial score (nSPS) is 11.2. The predicted octanol–water partition coefficient (Wildman–Crippen LogP) is 3.21. The van der Waals surface area contributed by atoms with Crippen molar-refractivity contribution in [3.8, 4) is 11.8 Å². The van der Waals surface area contributed by atoms with Crippen molar-refractivity contribution in [2.24, 2.45) is 5.92 Å². The van der Waals surface area contributed by atoms with E-state index in [1.54, 1.807) is 12.1 Å². The van der Waals surface area contributed by atoms with Gasteiger partial charge in [0.15, 0.2) is 0 Å². The lowest BCUT2D eigenvalue weighted by molar-refractivity contribution is -0.108. The van der Waals surface area contributed by atoms with Crippen LogP contribution in [0.15, 0.2) is 48.5 Å². The van der Waals surface area contributed by atoms with E-state index < -0.39 is 0 Å². The first-order valence-electron chi connectivity index (χ1n) is 8.02. The lowest BCUT2D eigenvalue weighted by atomic mass is 10.1. The Morgan fingerprint density at radius 2 is 1.54 bits per heavy atom. The van der Waals surface area contributed by atoms with E-state index >= 15 is 0 Å². The molecular formula is C21H21NO2. The summed E-state index contributed by atoms with van der Waals surface area (Å²) in [6.45, 7) is 3.67. The quantitative estimate of drug-likeness (QED) is 0.629. The molecule has 0 aliphatic rings. The third-order valence-electron chi connectivity index (χ3n) is 3.67. The zero-order valence-electron chi connectivity index (χ0n) is 13.8. The van der Waals surface area contributed by atoms with Gasteiger partial charge in [-0.05, 0) is 42.3 Å². The SMILES string of the molecule is CC(CC=O)CNCc1ccc(C#Cc2ccc(C=O)cc2)cc1. The molecule has 3 nitrogen and oxygen atoms in total. The summed E-state index contributed by atoms with van der Waals surface area (Å²) in [4.78, 5) is 21.0. The van der Waals surface area contributed by atoms with E-state index in [9.17, 15) is 9.59 Å². The van der Waals surface area contributed by atoms with Crippen molar-refractivity contribution < 1.29 is 9.59 Å². The number of carbonyl (C=O) groups is 2. The van der Waals surface area contributed by atoms with Gasteiger partial charge in [-0.25, -0.2) is 0 Å². The zero-order chi connectivity index (χ0) is 17.2. The largest absolute Gasteiger partial charge is 0.312 e. The Kier molecular flexibility index (Phi) is 6.94. The summed E-state index contributed by atoms with van der Waals surface area (Å²) in [5, 5.41) is 3.35. The maximum Gasteiger partial charge on any atom is 0.150 e. The Hall–Kier alpha value is -2.70. The van der Waals surface area contributed by atoms with Crippen molar-refractivity contribution in [3.05, 3.63) is 70.8 Å². The number of carbonyl (C=O) groups excluding carboxylic acids is 2. The number of hydrogen-bond acceptors (Lipinski definition) is 3. The van der Waals surface area contributed by atoms with Gasteiger partial charge in [-0.1, -0.05) is 43.0 Å². The molecule has 0 saturated carbocycles. The van der Waals surface area contributed by atoms with Crippen LogP contribution in [-0.4, -0.2) is 19.1 Å². The Labute approximate surface area is 143 Å². The van der Waals surface area contributed by atoms with Crippen LogP contribution in [0.25, 0.3) is 0 Å². The van der Waals surface area contributed by atoms with Crippen molar-refractivity contribution >= 4 is 12.6 Å². The van der Waals surface area contributed by atoms with Crippen LogP contribution >= 0.6 is 0 Å². The lowest BCUT2D eigenvalue weighted by Gasteiger charge is -2.09. The molecule has 0 heterocycles. The smallest absolute Gasteiger partial charge is 0.150 e. The summed E-state index contributed by atoms with van der Waals surface area (Å²) in [6, 6.07) is 15.3. The predicted molar refractivity (Wildman–Crippen MR) is 95.8 cm³/mol. The molecule has 0 amide bonds. The minimum absolute atomic E-state index is 0.359. The summed E-state index contributed by atoms with van der Waals surface area (Å²) in [7, 11) is 0. The lowest BCUT2D eigenvalue weighted by Crippen LogP contribution is -2.20. The molecule has 0 saturated heterocycles. The molecule has 3 heteroatoms. The molecule has 0 aromatic heterocycles. The first-order valence-corrected chi connectivity index (χ1v) is 8.02. The molecule has 0 radical (unpaired) electrons. The monoisotopic (exact) mass is 319 g/mol. The fourth-order valence-corrected chi connectivity index (χ4v) is 2.21. The average Bonchev–Trinajstić information content (AvgIpc) is 2.62. The van der Waals surface area contributed by atoms with Crippen LogP contribution in [0, 0.1) is 17.8 Å². The van der Waals surface area contributed by atoms with Gasteiger partial charge in [0.1, 0.15) is 12.6 Å². The number of aldehydes is 2. The third kappa shape index (κ3) is 5.83. The van der Waals surface area contributed by atoms with Gasteiger partial charge in [0, 0.05) is 29.7 Å². The van der Waals surface area contributed by atoms with Crippen LogP contribution in [-0.2, 0) is 11.3 Å². The highest BCUT2D eigenvalue weighted by atomic mass is 16.1. The zero-order valence-corrected chi connectivity index (χ0v) is 13.8. The molecule has 0 spiro atoms. The fraction of sp³-hybridized carbons (Fsp3) is 0.238. The third-order valence-corrected chi connectivity index (χ3v) is 3.67. The minimum Gasteiger partial charge on any atom is -0.312 e. The number of rotatable bonds is 7. The van der Waals surface area contributed by atoms with Crippen LogP contribution < -0.4 is 5.32 Å². The van der Waals surface area contributed by atoms with Crippen molar-refractivity contribution in [1.29, 1.82) is 0 Å². The Bertz CT molecular complexity index is 721. The van der Waals surface area contributed by atoms with Crippen LogP contribution in [0.1, 0.15) is 40.4 Å². The van der Waals surface area contributed by atoms with Crippen LogP contribution in [0.3, 0.4) is 0 Å². The van der Waals surface area contributed by atoms with Gasteiger partial charge in [0.05, 0.1) is 0 Å². The van der Waals surface area contributed by atoms with E-state index in [2.05, 4.69) is 36.2 Å². The summed E-state index contributed by atoms with van der Waals surface area (Å²) < 4.78 is 0. The maximum atomic E-state index is 10.6. The number of nitrogens with one attached hydrogen (secondary N) is 1. The maximum absolute atomic E-state index is 10.6. The molecule has 0 bridgehead atoms. The first kappa shape index (κ1) is 17.7. The van der Waals surface area contributed by atoms with Crippen LogP contribution in [0.4, 0.5) is 0 Å². The van der Waals surface area contributed by atoms with Gasteiger partial charge in [-0.2, -0.15) is 0 Å². The molecule has 24 heavy (non-hydrogen) atoms. The van der Waals surface area contributed by atoms with E-state index in [-0.39, 0.29) is 0 Å². The Morgan fingerprint density at radius 1 is 0.958 bits per heavy atom. The Morgan fingerprint density at radius 3 is 2.08 bits per heavy atom. The van der Waals surface area contributed by atoms with E-state index in [0.717, 1.165) is 36.8 Å². The van der Waals surface area contributed by atoms with Crippen LogP contribution in [0.2, 0.25) is 0 Å². The Balaban J connectivity index is 1.88. The van der Waals surface area contributed by atoms with Gasteiger partial charge in [-0.3, -0.25) is 4.79 Å². The molecule has 1 N–H and O–H groups in total. The number of benzene rings is 2. The molecule has 1 atom stereocenters. The van der Waals surface area contributed by atoms with Crippen molar-refractivity contribution in [1.82, 2.24) is 5.32 Å². The molecule has 2 rings (SSSR count). The van der Waals surface area contributed by atoms with Gasteiger partial charge < -0.3 is 10.1 Å². The fourth-order valence-electron chi connectivity index (χ4n) is 2.21. The second-order valence-corrected chi connectivity index (χ2v) is 5.83. The molecule has 2 aromatic carbocycles. The van der Waals surface area contributed by atoms with Gasteiger partial charge in [0.25, 0.3) is 0 Å². The van der Waals surface area contributed by atoms with E-state index in [0.29, 0.717) is 17.9 Å². The first-order chi connectivity index (χ1) is 11.7. The second-order valence-electron chi connectivity index (χ2n) is 5.83. The summed E-state index contributed by atoms with van der Waals surface area (Å²) in [6.07, 6.45) is 2.38. The standard InChI is InChI=1S/C21H21NO2/c1-17(12-13-23)14-22-15-20-8-4-18(5-9-20)2-3-19-6-10-21(16-24)11-7-19/h4-11,13,16-17,22H,12,14-15H2,1H3. The second kappa shape index (κ2) is 9.44. The van der Waals surface area contributed by atoms with Gasteiger partial charge in [-0.15, -0.1) is 0 Å². The van der Waals surface area contributed by atoms with Gasteiger partial charge in [0.2, 0.25) is 0 Å². The highest BCUT2D eigenvalue weighted by molar-refractivity contribution is 5.74. The topological polar surface area (TPSA) is 46.2 Å². The van der Waals surface area contributed by atoms with E-state index in [1.165, 1.54) is 5.56 Å². The van der Waals surface area contributed by atoms with E-state index in [1.807, 2.05) is 24.3 Å². The van der Waals surface area contributed by atoms with Crippen LogP contribution in [0.5, 0.6) is 0 Å². The highest BCUT2D eigenvalue weighted by Crippen LogP contribution is 2.05. The van der Waals surface area contributed by atoms with Crippen molar-refractivity contribution in [2.45, 2.75) is 19.9 Å². The molecule has 1 unspecified atom stereocenters. The van der Waals surface area contributed by atoms with Crippen molar-refractivity contribution in [2.75, 3.05) is 6.54 Å². The molecule has 2 aromatic rings. The summed E-state index contributed by atoms with van der Waals surface area (Å²) in [5.41, 5.74) is 3.68. The molecule has 122 valence electrons. The summed E-state index contributed by atoms with van der Waals surface area (Å²) in [5.74, 6) is 6.57. The molecule has 0 fully saturated rings. The number of hydrogen-bond donors (Lipinski definition) is 1. The minimum atomic E-state index is 0.359. The van der Waals surface area contributed by atoms with Gasteiger partial charge >= 0.3 is 0 Å². The molecular weight excluding hydrogens is 298 g/mol. The van der Waals surface area contributed by atoms with E-state index in [4.69, 9.17) is 0 Å². The van der Waals surface area contributed by atoms with Crippen molar-refractivity contribution in [3.63, 3.8) is 0 Å². The summed E-state index contributed by atoms with van der Waals surface area (Å²) >= 11 is 0. The average molecular weight is 319 g/mol. The molecule has 0 aliphatic carbocycles.